The molecule has 0 aromatic heterocycles. The van der Waals surface area contributed by atoms with Crippen LogP contribution in [0.4, 0.5) is 0 Å². The fourth-order valence-corrected chi connectivity index (χ4v) is 4.70. The number of carbonyl (C=O) groups excluding carboxylic acids is 1. The monoisotopic (exact) mass is 359 g/mol. The number of sulfone groups is 1. The predicted molar refractivity (Wildman–Crippen MR) is 91.0 cm³/mol. The molecule has 7 heteroatoms. The molecule has 5 nitrogen and oxygen atoms in total. The lowest BCUT2D eigenvalue weighted by molar-refractivity contribution is -0.123. The van der Waals surface area contributed by atoms with Crippen molar-refractivity contribution in [3.8, 4) is 5.75 Å². The van der Waals surface area contributed by atoms with Crippen LogP contribution in [0.1, 0.15) is 37.3 Å². The van der Waals surface area contributed by atoms with Crippen LogP contribution in [0.5, 0.6) is 5.75 Å². The maximum absolute atomic E-state index is 11.9. The summed E-state index contributed by atoms with van der Waals surface area (Å²) in [6, 6.07) is 3.37. The van der Waals surface area contributed by atoms with Gasteiger partial charge in [-0.3, -0.25) is 4.79 Å². The minimum absolute atomic E-state index is 0.0101. The summed E-state index contributed by atoms with van der Waals surface area (Å²) < 4.78 is 28.4. The van der Waals surface area contributed by atoms with Gasteiger partial charge in [-0.15, -0.1) is 0 Å². The lowest BCUT2D eigenvalue weighted by Crippen LogP contribution is -2.38. The molecule has 1 aliphatic rings. The van der Waals surface area contributed by atoms with Crippen LogP contribution in [0.2, 0.25) is 5.02 Å². The average Bonchev–Trinajstić information content (AvgIpc) is 2.76. The van der Waals surface area contributed by atoms with Crippen molar-refractivity contribution in [2.45, 2.75) is 39.2 Å². The third-order valence-corrected chi connectivity index (χ3v) is 5.97. The van der Waals surface area contributed by atoms with Crippen LogP contribution in [0, 0.1) is 6.92 Å². The molecule has 1 unspecified atom stereocenters. The normalized spacial score (nSPS) is 19.8. The molecule has 1 aromatic carbocycles. The van der Waals surface area contributed by atoms with Gasteiger partial charge in [-0.1, -0.05) is 25.4 Å². The van der Waals surface area contributed by atoms with Gasteiger partial charge < -0.3 is 10.1 Å². The molecule has 1 amide bonds. The summed E-state index contributed by atoms with van der Waals surface area (Å²) >= 11 is 6.21. The summed E-state index contributed by atoms with van der Waals surface area (Å²) in [7, 11) is -3.01. The van der Waals surface area contributed by atoms with Crippen LogP contribution in [0.15, 0.2) is 12.1 Å². The average molecular weight is 360 g/mol. The Morgan fingerprint density at radius 1 is 1.43 bits per heavy atom. The van der Waals surface area contributed by atoms with Crippen molar-refractivity contribution in [3.63, 3.8) is 0 Å². The molecule has 1 saturated heterocycles. The van der Waals surface area contributed by atoms with Gasteiger partial charge in [0.25, 0.3) is 5.91 Å². The molecule has 1 heterocycles. The standard InChI is InChI=1S/C16H22ClNO4S/c1-10(2)13-7-15(11(3)6-14(13)17)22-8-16(19)18-12-4-5-23(20,21)9-12/h6-7,10,12H,4-5,8-9H2,1-3H3,(H,18,19). The van der Waals surface area contributed by atoms with Gasteiger partial charge >= 0.3 is 0 Å². The highest BCUT2D eigenvalue weighted by Crippen LogP contribution is 2.31. The van der Waals surface area contributed by atoms with Crippen molar-refractivity contribution < 1.29 is 17.9 Å². The van der Waals surface area contributed by atoms with E-state index in [1.54, 1.807) is 0 Å². The third-order valence-electron chi connectivity index (χ3n) is 3.87. The largest absolute Gasteiger partial charge is 0.483 e. The minimum atomic E-state index is -3.01. The maximum Gasteiger partial charge on any atom is 0.258 e. The Morgan fingerprint density at radius 3 is 2.70 bits per heavy atom. The zero-order chi connectivity index (χ0) is 17.2. The molecule has 0 radical (unpaired) electrons. The van der Waals surface area contributed by atoms with Crippen LogP contribution < -0.4 is 10.1 Å². The molecular weight excluding hydrogens is 338 g/mol. The molecule has 128 valence electrons. The van der Waals surface area contributed by atoms with Crippen molar-refractivity contribution in [1.29, 1.82) is 0 Å². The molecule has 23 heavy (non-hydrogen) atoms. The molecule has 1 aromatic rings. The van der Waals surface area contributed by atoms with Gasteiger partial charge in [-0.05, 0) is 42.5 Å². The molecule has 0 aliphatic carbocycles. The summed E-state index contributed by atoms with van der Waals surface area (Å²) in [5.41, 5.74) is 1.82. The third kappa shape index (κ3) is 4.85. The maximum atomic E-state index is 11.9. The summed E-state index contributed by atoms with van der Waals surface area (Å²) in [5.74, 6) is 0.700. The predicted octanol–water partition coefficient (Wildman–Crippen LogP) is 2.45. The molecule has 1 N–H and O–H groups in total. The van der Waals surface area contributed by atoms with Crippen molar-refractivity contribution >= 4 is 27.3 Å². The van der Waals surface area contributed by atoms with E-state index in [0.717, 1.165) is 11.1 Å². The number of hydrogen-bond acceptors (Lipinski definition) is 4. The Balaban J connectivity index is 1.95. The topological polar surface area (TPSA) is 72.5 Å². The van der Waals surface area contributed by atoms with Crippen LogP contribution in [-0.2, 0) is 14.6 Å². The zero-order valence-electron chi connectivity index (χ0n) is 13.6. The zero-order valence-corrected chi connectivity index (χ0v) is 15.1. The van der Waals surface area contributed by atoms with E-state index < -0.39 is 9.84 Å². The highest BCUT2D eigenvalue weighted by Gasteiger charge is 2.28. The lowest BCUT2D eigenvalue weighted by Gasteiger charge is -2.15. The summed E-state index contributed by atoms with van der Waals surface area (Å²) in [5, 5.41) is 3.39. The molecule has 1 aliphatic heterocycles. The summed E-state index contributed by atoms with van der Waals surface area (Å²) in [4.78, 5) is 11.9. The van der Waals surface area contributed by atoms with Crippen molar-refractivity contribution in [2.75, 3.05) is 18.1 Å². The number of carbonyl (C=O) groups is 1. The van der Waals surface area contributed by atoms with Gasteiger partial charge in [0.2, 0.25) is 0 Å². The van der Waals surface area contributed by atoms with E-state index in [0.29, 0.717) is 17.2 Å². The Kier molecular flexibility index (Phi) is 5.57. The van der Waals surface area contributed by atoms with Gasteiger partial charge in [0.05, 0.1) is 11.5 Å². The van der Waals surface area contributed by atoms with Crippen molar-refractivity contribution in [3.05, 3.63) is 28.3 Å². The molecule has 0 spiro atoms. The van der Waals surface area contributed by atoms with Crippen LogP contribution in [-0.4, -0.2) is 38.5 Å². The Morgan fingerprint density at radius 2 is 2.13 bits per heavy atom. The second-order valence-electron chi connectivity index (χ2n) is 6.25. The molecule has 0 saturated carbocycles. The number of halogens is 1. The Hall–Kier alpha value is -1.27. The fraction of sp³-hybridized carbons (Fsp3) is 0.562. The highest BCUT2D eigenvalue weighted by molar-refractivity contribution is 7.91. The highest BCUT2D eigenvalue weighted by atomic mass is 35.5. The summed E-state index contributed by atoms with van der Waals surface area (Å²) in [6.45, 7) is 5.80. The second kappa shape index (κ2) is 7.09. The number of nitrogens with one attached hydrogen (secondary N) is 1. The van der Waals surface area contributed by atoms with Crippen LogP contribution >= 0.6 is 11.6 Å². The van der Waals surface area contributed by atoms with E-state index in [1.165, 1.54) is 0 Å². The smallest absolute Gasteiger partial charge is 0.258 e. The van der Waals surface area contributed by atoms with E-state index >= 15 is 0 Å². The number of amides is 1. The van der Waals surface area contributed by atoms with Gasteiger partial charge in [-0.25, -0.2) is 8.42 Å². The van der Waals surface area contributed by atoms with Gasteiger partial charge in [-0.2, -0.15) is 0 Å². The Labute approximate surface area is 142 Å². The first-order valence-corrected chi connectivity index (χ1v) is 9.80. The van der Waals surface area contributed by atoms with Crippen LogP contribution in [0.25, 0.3) is 0 Å². The molecular formula is C16H22ClNO4S. The molecule has 2 rings (SSSR count). The van der Waals surface area contributed by atoms with E-state index in [9.17, 15) is 13.2 Å². The van der Waals surface area contributed by atoms with Crippen molar-refractivity contribution in [2.24, 2.45) is 0 Å². The van der Waals surface area contributed by atoms with E-state index in [4.69, 9.17) is 16.3 Å². The quantitative estimate of drug-likeness (QED) is 0.876. The number of benzene rings is 1. The second-order valence-corrected chi connectivity index (χ2v) is 8.89. The first-order valence-electron chi connectivity index (χ1n) is 7.60. The van der Waals surface area contributed by atoms with E-state index in [-0.39, 0.29) is 36.0 Å². The van der Waals surface area contributed by atoms with Crippen LogP contribution in [0.3, 0.4) is 0 Å². The van der Waals surface area contributed by atoms with Gasteiger partial charge in [0.15, 0.2) is 16.4 Å². The summed E-state index contributed by atoms with van der Waals surface area (Å²) in [6.07, 6.45) is 0.464. The number of aryl methyl sites for hydroxylation is 1. The molecule has 1 atom stereocenters. The van der Waals surface area contributed by atoms with Crippen molar-refractivity contribution in [1.82, 2.24) is 5.32 Å². The first-order chi connectivity index (χ1) is 10.7. The number of hydrogen-bond donors (Lipinski definition) is 1. The van der Waals surface area contributed by atoms with E-state index in [1.807, 2.05) is 32.9 Å². The molecule has 1 fully saturated rings. The SMILES string of the molecule is Cc1cc(Cl)c(C(C)C)cc1OCC(=O)NC1CCS(=O)(=O)C1. The lowest BCUT2D eigenvalue weighted by atomic mass is 10.0. The number of ether oxygens (including phenoxy) is 1. The van der Waals surface area contributed by atoms with Gasteiger partial charge in [0.1, 0.15) is 5.75 Å². The fourth-order valence-electron chi connectivity index (χ4n) is 2.59. The van der Waals surface area contributed by atoms with Gasteiger partial charge in [0, 0.05) is 11.1 Å². The first kappa shape index (κ1) is 18.1. The number of rotatable bonds is 5. The van der Waals surface area contributed by atoms with E-state index in [2.05, 4.69) is 5.32 Å². The molecule has 0 bridgehead atoms. The Bertz CT molecular complexity index is 700. The minimum Gasteiger partial charge on any atom is -0.483 e.